The van der Waals surface area contributed by atoms with Crippen molar-refractivity contribution in [3.63, 3.8) is 0 Å². The van der Waals surface area contributed by atoms with Gasteiger partial charge in [0.2, 0.25) is 0 Å². The largest absolute Gasteiger partial charge is 0.497 e. The molecule has 1 aromatic heterocycles. The van der Waals surface area contributed by atoms with Crippen molar-refractivity contribution in [3.05, 3.63) is 94.8 Å². The van der Waals surface area contributed by atoms with Crippen LogP contribution in [-0.2, 0) is 22.6 Å². The minimum absolute atomic E-state index is 0.217. The van der Waals surface area contributed by atoms with E-state index in [2.05, 4.69) is 6.07 Å². The molecule has 0 saturated heterocycles. The predicted molar refractivity (Wildman–Crippen MR) is 157 cm³/mol. The van der Waals surface area contributed by atoms with Crippen molar-refractivity contribution in [1.82, 2.24) is 9.78 Å². The number of aromatic nitrogens is 2. The first-order chi connectivity index (χ1) is 19.5. The van der Waals surface area contributed by atoms with Crippen LogP contribution in [0.1, 0.15) is 61.4 Å². The molecular formula is C33H35ClN2O4. The van der Waals surface area contributed by atoms with E-state index in [1.165, 1.54) is 44.9 Å². The van der Waals surface area contributed by atoms with E-state index in [9.17, 15) is 4.79 Å². The second-order valence-corrected chi connectivity index (χ2v) is 10.6. The molecular weight excluding hydrogens is 524 g/mol. The highest BCUT2D eigenvalue weighted by molar-refractivity contribution is 6.30. The van der Waals surface area contributed by atoms with Crippen LogP contribution in [0.25, 0.3) is 16.8 Å². The number of carbonyl (C=O) groups is 1. The molecule has 40 heavy (non-hydrogen) atoms. The van der Waals surface area contributed by atoms with Gasteiger partial charge in [0.1, 0.15) is 18.1 Å². The highest BCUT2D eigenvalue weighted by Gasteiger charge is 2.22. The third kappa shape index (κ3) is 6.68. The first-order valence-electron chi connectivity index (χ1n) is 13.9. The molecule has 5 rings (SSSR count). The van der Waals surface area contributed by atoms with Crippen LogP contribution in [0.2, 0.25) is 5.02 Å². The van der Waals surface area contributed by atoms with Gasteiger partial charge in [-0.15, -0.1) is 0 Å². The molecule has 1 aliphatic rings. The molecule has 0 bridgehead atoms. The SMILES string of the molecule is COC(=O)CCc1cc(C2CCCCC2)n(-c2ccc(OCc3cc(OC)ccc3-c3ccc(Cl)cc3)cc2)n1. The molecule has 1 fully saturated rings. The first-order valence-corrected chi connectivity index (χ1v) is 14.2. The molecule has 1 heterocycles. The number of methoxy groups -OCH3 is 2. The van der Waals surface area contributed by atoms with Crippen LogP contribution in [0.5, 0.6) is 11.5 Å². The second kappa shape index (κ2) is 13.1. The molecule has 0 aliphatic heterocycles. The number of aryl methyl sites for hydroxylation is 1. The van der Waals surface area contributed by atoms with Crippen LogP contribution >= 0.6 is 11.6 Å². The summed E-state index contributed by atoms with van der Waals surface area (Å²) in [6.45, 7) is 0.390. The number of carbonyl (C=O) groups excluding carboxylic acids is 1. The lowest BCUT2D eigenvalue weighted by molar-refractivity contribution is -0.140. The highest BCUT2D eigenvalue weighted by Crippen LogP contribution is 2.35. The molecule has 4 aromatic rings. The number of nitrogens with zero attached hydrogens (tertiary/aromatic N) is 2. The van der Waals surface area contributed by atoms with Crippen molar-refractivity contribution in [2.24, 2.45) is 0 Å². The van der Waals surface area contributed by atoms with Crippen molar-refractivity contribution in [3.8, 4) is 28.3 Å². The Bertz CT molecular complexity index is 1420. The molecule has 0 atom stereocenters. The maximum atomic E-state index is 11.7. The summed E-state index contributed by atoms with van der Waals surface area (Å²) in [6.07, 6.45) is 6.99. The first kappa shape index (κ1) is 27.8. The van der Waals surface area contributed by atoms with Crippen LogP contribution in [0, 0.1) is 0 Å². The molecule has 0 amide bonds. The fraction of sp³-hybridized carbons (Fsp3) is 0.333. The van der Waals surface area contributed by atoms with E-state index >= 15 is 0 Å². The number of ether oxygens (including phenoxy) is 3. The van der Waals surface area contributed by atoms with Gasteiger partial charge in [-0.05, 0) is 78.6 Å². The average Bonchev–Trinajstić information content (AvgIpc) is 3.44. The van der Waals surface area contributed by atoms with E-state index in [0.29, 0.717) is 30.4 Å². The zero-order valence-electron chi connectivity index (χ0n) is 23.1. The Balaban J connectivity index is 1.35. The second-order valence-electron chi connectivity index (χ2n) is 10.2. The van der Waals surface area contributed by atoms with E-state index in [4.69, 9.17) is 30.9 Å². The van der Waals surface area contributed by atoms with E-state index < -0.39 is 0 Å². The molecule has 1 aliphatic carbocycles. The summed E-state index contributed by atoms with van der Waals surface area (Å²) in [4.78, 5) is 11.7. The van der Waals surface area contributed by atoms with Gasteiger partial charge in [-0.25, -0.2) is 4.68 Å². The molecule has 3 aromatic carbocycles. The fourth-order valence-corrected chi connectivity index (χ4v) is 5.50. The minimum Gasteiger partial charge on any atom is -0.497 e. The van der Waals surface area contributed by atoms with Gasteiger partial charge in [-0.2, -0.15) is 5.10 Å². The van der Waals surface area contributed by atoms with Crippen LogP contribution < -0.4 is 9.47 Å². The van der Waals surface area contributed by atoms with Gasteiger partial charge in [0.25, 0.3) is 0 Å². The fourth-order valence-electron chi connectivity index (χ4n) is 5.37. The minimum atomic E-state index is -0.217. The molecule has 1 saturated carbocycles. The normalized spacial score (nSPS) is 13.7. The Morgan fingerprint density at radius 2 is 1.65 bits per heavy atom. The molecule has 0 unspecified atom stereocenters. The maximum absolute atomic E-state index is 11.7. The summed E-state index contributed by atoms with van der Waals surface area (Å²) in [7, 11) is 3.09. The zero-order chi connectivity index (χ0) is 27.9. The molecule has 0 N–H and O–H groups in total. The van der Waals surface area contributed by atoms with Crippen LogP contribution in [-0.4, -0.2) is 30.0 Å². The van der Waals surface area contributed by atoms with Crippen molar-refractivity contribution in [2.75, 3.05) is 14.2 Å². The standard InChI is InChI=1S/C33H35ClN2O4/c1-38-30-17-18-31(23-8-10-26(34)11-9-23)25(20-30)22-40-29-15-13-28(14-16-29)36-32(24-6-4-3-5-7-24)21-27(35-36)12-19-33(37)39-2/h8-11,13-18,20-21,24H,3-7,12,19,22H2,1-2H3. The Morgan fingerprint density at radius 3 is 2.35 bits per heavy atom. The van der Waals surface area contributed by atoms with E-state index in [0.717, 1.165) is 39.6 Å². The summed E-state index contributed by atoms with van der Waals surface area (Å²) in [5.41, 5.74) is 6.28. The van der Waals surface area contributed by atoms with Gasteiger partial charge >= 0.3 is 5.97 Å². The molecule has 0 radical (unpaired) electrons. The van der Waals surface area contributed by atoms with E-state index in [1.807, 2.05) is 71.4 Å². The monoisotopic (exact) mass is 558 g/mol. The lowest BCUT2D eigenvalue weighted by Gasteiger charge is -2.22. The quantitative estimate of drug-likeness (QED) is 0.185. The Morgan fingerprint density at radius 1 is 0.925 bits per heavy atom. The summed E-state index contributed by atoms with van der Waals surface area (Å²) < 4.78 is 18.6. The lowest BCUT2D eigenvalue weighted by Crippen LogP contribution is -2.11. The molecule has 0 spiro atoms. The topological polar surface area (TPSA) is 62.6 Å². The number of esters is 1. The third-order valence-corrected chi connectivity index (χ3v) is 7.82. The number of hydrogen-bond donors (Lipinski definition) is 0. The van der Waals surface area contributed by atoms with Crippen molar-refractivity contribution in [1.29, 1.82) is 0 Å². The summed E-state index contributed by atoms with van der Waals surface area (Å²) in [6, 6.07) is 24.0. The van der Waals surface area contributed by atoms with Crippen molar-refractivity contribution >= 4 is 17.6 Å². The van der Waals surface area contributed by atoms with Crippen molar-refractivity contribution < 1.29 is 19.0 Å². The molecule has 208 valence electrons. The molecule has 6 nitrogen and oxygen atoms in total. The maximum Gasteiger partial charge on any atom is 0.305 e. The summed E-state index contributed by atoms with van der Waals surface area (Å²) in [5, 5.41) is 5.60. The zero-order valence-corrected chi connectivity index (χ0v) is 23.8. The van der Waals surface area contributed by atoms with Gasteiger partial charge in [0.15, 0.2) is 0 Å². The van der Waals surface area contributed by atoms with E-state index in [-0.39, 0.29) is 5.97 Å². The van der Waals surface area contributed by atoms with Crippen LogP contribution in [0.3, 0.4) is 0 Å². The Kier molecular flexibility index (Phi) is 9.07. The Labute approximate surface area is 240 Å². The average molecular weight is 559 g/mol. The summed E-state index contributed by atoms with van der Waals surface area (Å²) in [5.74, 6) is 1.81. The van der Waals surface area contributed by atoms with E-state index in [1.54, 1.807) is 7.11 Å². The number of halogens is 1. The van der Waals surface area contributed by atoms with Gasteiger partial charge in [0, 0.05) is 28.6 Å². The van der Waals surface area contributed by atoms with Gasteiger partial charge in [-0.3, -0.25) is 4.79 Å². The third-order valence-electron chi connectivity index (χ3n) is 7.57. The highest BCUT2D eigenvalue weighted by atomic mass is 35.5. The van der Waals surface area contributed by atoms with Crippen LogP contribution in [0.4, 0.5) is 0 Å². The predicted octanol–water partition coefficient (Wildman–Crippen LogP) is 7.93. The number of hydrogen-bond acceptors (Lipinski definition) is 5. The number of benzene rings is 3. The number of rotatable bonds is 10. The molecule has 7 heteroatoms. The smallest absolute Gasteiger partial charge is 0.305 e. The van der Waals surface area contributed by atoms with Gasteiger partial charge in [-0.1, -0.05) is 49.1 Å². The van der Waals surface area contributed by atoms with Gasteiger partial charge in [0.05, 0.1) is 32.0 Å². The van der Waals surface area contributed by atoms with Crippen LogP contribution in [0.15, 0.2) is 72.8 Å². The van der Waals surface area contributed by atoms with Gasteiger partial charge < -0.3 is 14.2 Å². The van der Waals surface area contributed by atoms with Crippen molar-refractivity contribution in [2.45, 2.75) is 57.5 Å². The lowest BCUT2D eigenvalue weighted by atomic mass is 9.86. The summed E-state index contributed by atoms with van der Waals surface area (Å²) >= 11 is 6.10. The Hall–Kier alpha value is -3.77.